The predicted octanol–water partition coefficient (Wildman–Crippen LogP) is 2.33. The van der Waals surface area contributed by atoms with E-state index in [1.807, 2.05) is 32.0 Å². The normalized spacial score (nSPS) is 15.7. The van der Waals surface area contributed by atoms with Crippen LogP contribution in [0.4, 0.5) is 0 Å². The van der Waals surface area contributed by atoms with E-state index < -0.39 is 5.60 Å². The van der Waals surface area contributed by atoms with Crippen LogP contribution in [0.25, 0.3) is 0 Å². The summed E-state index contributed by atoms with van der Waals surface area (Å²) in [4.78, 5) is 12.5. The highest BCUT2D eigenvalue weighted by Gasteiger charge is 2.39. The second-order valence-corrected chi connectivity index (χ2v) is 6.10. The molecule has 1 aliphatic heterocycles. The first-order valence-corrected chi connectivity index (χ1v) is 9.08. The Bertz CT molecular complexity index is 562. The van der Waals surface area contributed by atoms with Gasteiger partial charge in [-0.05, 0) is 63.9 Å². The molecule has 6 nitrogen and oxygen atoms in total. The Hall–Kier alpha value is -1.50. The zero-order valence-corrected chi connectivity index (χ0v) is 16.7. The highest BCUT2D eigenvalue weighted by molar-refractivity contribution is 5.85. The van der Waals surface area contributed by atoms with Gasteiger partial charge in [0.1, 0.15) is 5.60 Å². The van der Waals surface area contributed by atoms with Crippen LogP contribution >= 0.6 is 12.4 Å². The number of ether oxygens (including phenoxy) is 3. The summed E-state index contributed by atoms with van der Waals surface area (Å²) in [5.74, 6) is 1.48. The third-order valence-corrected chi connectivity index (χ3v) is 4.52. The van der Waals surface area contributed by atoms with E-state index in [0.717, 1.165) is 36.6 Å². The minimum Gasteiger partial charge on any atom is -0.490 e. The molecule has 1 aromatic rings. The zero-order chi connectivity index (χ0) is 18.1. The van der Waals surface area contributed by atoms with Crippen LogP contribution in [0.5, 0.6) is 11.5 Å². The molecule has 0 aromatic heterocycles. The SMILES string of the molecule is CCOc1ccc(CCNC(=O)C2(OC)CCNCC2)cc1OCC.Cl. The lowest BCUT2D eigenvalue weighted by molar-refractivity contribution is -0.146. The summed E-state index contributed by atoms with van der Waals surface area (Å²) in [7, 11) is 1.62. The van der Waals surface area contributed by atoms with Gasteiger partial charge in [-0.2, -0.15) is 0 Å². The van der Waals surface area contributed by atoms with E-state index in [-0.39, 0.29) is 18.3 Å². The van der Waals surface area contributed by atoms with Gasteiger partial charge in [-0.1, -0.05) is 6.07 Å². The molecule has 0 spiro atoms. The number of rotatable bonds is 9. The topological polar surface area (TPSA) is 68.8 Å². The minimum absolute atomic E-state index is 0. The third-order valence-electron chi connectivity index (χ3n) is 4.52. The average Bonchev–Trinajstić information content (AvgIpc) is 2.64. The molecule has 1 aromatic carbocycles. The minimum atomic E-state index is -0.694. The molecular formula is C19H31ClN2O4. The van der Waals surface area contributed by atoms with Crippen LogP contribution < -0.4 is 20.1 Å². The number of carbonyl (C=O) groups excluding carboxylic acids is 1. The Kier molecular flexibility index (Phi) is 9.76. The first-order valence-electron chi connectivity index (χ1n) is 9.08. The van der Waals surface area contributed by atoms with Crippen molar-refractivity contribution in [2.24, 2.45) is 0 Å². The smallest absolute Gasteiger partial charge is 0.252 e. The van der Waals surface area contributed by atoms with Gasteiger partial charge in [-0.3, -0.25) is 4.79 Å². The Labute approximate surface area is 162 Å². The summed E-state index contributed by atoms with van der Waals surface area (Å²) in [6.07, 6.45) is 2.13. The van der Waals surface area contributed by atoms with Gasteiger partial charge in [0.05, 0.1) is 13.2 Å². The fourth-order valence-corrected chi connectivity index (χ4v) is 3.09. The Morgan fingerprint density at radius 3 is 2.42 bits per heavy atom. The van der Waals surface area contributed by atoms with Gasteiger partial charge in [-0.15, -0.1) is 12.4 Å². The van der Waals surface area contributed by atoms with E-state index in [4.69, 9.17) is 14.2 Å². The summed E-state index contributed by atoms with van der Waals surface area (Å²) in [5, 5.41) is 6.28. The fraction of sp³-hybridized carbons (Fsp3) is 0.632. The number of amides is 1. The second-order valence-electron chi connectivity index (χ2n) is 6.10. The molecule has 1 aliphatic rings. The van der Waals surface area contributed by atoms with Crippen molar-refractivity contribution >= 4 is 18.3 Å². The van der Waals surface area contributed by atoms with Crippen molar-refractivity contribution in [3.05, 3.63) is 23.8 Å². The van der Waals surface area contributed by atoms with Crippen LogP contribution in [0.2, 0.25) is 0 Å². The lowest BCUT2D eigenvalue weighted by Gasteiger charge is -2.34. The zero-order valence-electron chi connectivity index (χ0n) is 15.9. The molecular weight excluding hydrogens is 356 g/mol. The molecule has 0 saturated carbocycles. The van der Waals surface area contributed by atoms with Crippen LogP contribution in [0.3, 0.4) is 0 Å². The largest absolute Gasteiger partial charge is 0.490 e. The van der Waals surface area contributed by atoms with E-state index in [9.17, 15) is 4.79 Å². The maximum Gasteiger partial charge on any atom is 0.252 e. The highest BCUT2D eigenvalue weighted by Crippen LogP contribution is 2.28. The molecule has 0 bridgehead atoms. The summed E-state index contributed by atoms with van der Waals surface area (Å²) >= 11 is 0. The first kappa shape index (κ1) is 22.5. The van der Waals surface area contributed by atoms with Crippen LogP contribution in [-0.2, 0) is 16.0 Å². The summed E-state index contributed by atoms with van der Waals surface area (Å²) in [5.41, 5.74) is 0.407. The van der Waals surface area contributed by atoms with E-state index in [1.165, 1.54) is 0 Å². The van der Waals surface area contributed by atoms with Gasteiger partial charge in [-0.25, -0.2) is 0 Å². The maximum absolute atomic E-state index is 12.5. The van der Waals surface area contributed by atoms with Gasteiger partial charge in [0, 0.05) is 13.7 Å². The van der Waals surface area contributed by atoms with Crippen LogP contribution in [-0.4, -0.2) is 51.5 Å². The van der Waals surface area contributed by atoms with E-state index >= 15 is 0 Å². The monoisotopic (exact) mass is 386 g/mol. The molecule has 0 aliphatic carbocycles. The molecule has 1 amide bonds. The van der Waals surface area contributed by atoms with Crippen molar-refractivity contribution < 1.29 is 19.0 Å². The molecule has 2 N–H and O–H groups in total. The molecule has 0 atom stereocenters. The number of halogens is 1. The number of carbonyl (C=O) groups is 1. The third kappa shape index (κ3) is 5.76. The van der Waals surface area contributed by atoms with Gasteiger partial charge in [0.25, 0.3) is 5.91 Å². The first-order chi connectivity index (χ1) is 12.1. The van der Waals surface area contributed by atoms with Crippen molar-refractivity contribution in [2.45, 2.75) is 38.7 Å². The molecule has 1 fully saturated rings. The number of benzene rings is 1. The Morgan fingerprint density at radius 2 is 1.81 bits per heavy atom. The van der Waals surface area contributed by atoms with Crippen molar-refractivity contribution in [3.63, 3.8) is 0 Å². The van der Waals surface area contributed by atoms with Crippen molar-refractivity contribution in [2.75, 3.05) is 40.0 Å². The van der Waals surface area contributed by atoms with Gasteiger partial charge in [0.15, 0.2) is 11.5 Å². The summed E-state index contributed by atoms with van der Waals surface area (Å²) in [6, 6.07) is 5.92. The van der Waals surface area contributed by atoms with E-state index in [1.54, 1.807) is 7.11 Å². The van der Waals surface area contributed by atoms with E-state index in [2.05, 4.69) is 10.6 Å². The summed E-state index contributed by atoms with van der Waals surface area (Å²) < 4.78 is 16.8. The fourth-order valence-electron chi connectivity index (χ4n) is 3.09. The standard InChI is InChI=1S/C19H30N2O4.ClH/c1-4-24-16-7-6-15(14-17(16)25-5-2)8-11-21-18(22)19(23-3)9-12-20-13-10-19;/h6-7,14,20H,4-5,8-13H2,1-3H3,(H,21,22);1H. The van der Waals surface area contributed by atoms with Crippen molar-refractivity contribution in [1.29, 1.82) is 0 Å². The van der Waals surface area contributed by atoms with Crippen LogP contribution in [0.1, 0.15) is 32.3 Å². The van der Waals surface area contributed by atoms with E-state index in [0.29, 0.717) is 32.6 Å². The number of hydrogen-bond acceptors (Lipinski definition) is 5. The number of nitrogens with one attached hydrogen (secondary N) is 2. The van der Waals surface area contributed by atoms with Crippen molar-refractivity contribution in [3.8, 4) is 11.5 Å². The second kappa shape index (κ2) is 11.3. The molecule has 26 heavy (non-hydrogen) atoms. The van der Waals surface area contributed by atoms with Gasteiger partial charge >= 0.3 is 0 Å². The number of methoxy groups -OCH3 is 1. The van der Waals surface area contributed by atoms with Crippen LogP contribution in [0, 0.1) is 0 Å². The predicted molar refractivity (Wildman–Crippen MR) is 105 cm³/mol. The Balaban J connectivity index is 0.00000338. The average molecular weight is 387 g/mol. The molecule has 1 heterocycles. The van der Waals surface area contributed by atoms with Crippen molar-refractivity contribution in [1.82, 2.24) is 10.6 Å². The number of piperidine rings is 1. The van der Waals surface area contributed by atoms with Crippen LogP contribution in [0.15, 0.2) is 18.2 Å². The molecule has 148 valence electrons. The maximum atomic E-state index is 12.5. The van der Waals surface area contributed by atoms with Gasteiger partial charge in [0.2, 0.25) is 0 Å². The summed E-state index contributed by atoms with van der Waals surface area (Å²) in [6.45, 7) is 7.26. The molecule has 2 rings (SSSR count). The quantitative estimate of drug-likeness (QED) is 0.681. The lowest BCUT2D eigenvalue weighted by Crippen LogP contribution is -2.54. The lowest BCUT2D eigenvalue weighted by atomic mass is 9.91. The molecule has 7 heteroatoms. The Morgan fingerprint density at radius 1 is 1.15 bits per heavy atom. The van der Waals surface area contributed by atoms with Gasteiger partial charge < -0.3 is 24.8 Å². The molecule has 0 radical (unpaired) electrons. The number of hydrogen-bond donors (Lipinski definition) is 2. The molecule has 0 unspecified atom stereocenters. The molecule has 1 saturated heterocycles. The highest BCUT2D eigenvalue weighted by atomic mass is 35.5.